The van der Waals surface area contributed by atoms with Gasteiger partial charge in [0.05, 0.1) is 25.3 Å². The highest BCUT2D eigenvalue weighted by Crippen LogP contribution is 2.47. The van der Waals surface area contributed by atoms with E-state index in [0.717, 1.165) is 69.0 Å². The average molecular weight is 882 g/mol. The summed E-state index contributed by atoms with van der Waals surface area (Å²) in [5.74, 6) is 13.7. The Bertz CT molecular complexity index is 2360. The Morgan fingerprint density at radius 2 is 1.67 bits per heavy atom. The van der Waals surface area contributed by atoms with Crippen LogP contribution in [0.25, 0.3) is 10.8 Å². The van der Waals surface area contributed by atoms with Gasteiger partial charge in [0.1, 0.15) is 29.3 Å². The Kier molecular flexibility index (Phi) is 13.4. The third kappa shape index (κ3) is 8.50. The van der Waals surface area contributed by atoms with Crippen molar-refractivity contribution in [1.29, 1.82) is 0 Å². The van der Waals surface area contributed by atoms with Crippen molar-refractivity contribution in [3.8, 4) is 35.2 Å². The summed E-state index contributed by atoms with van der Waals surface area (Å²) < 4.78 is 45.2. The van der Waals surface area contributed by atoms with Gasteiger partial charge in [0, 0.05) is 28.5 Å². The number of methoxy groups -OCH3 is 1. The summed E-state index contributed by atoms with van der Waals surface area (Å²) in [6.07, 6.45) is 2.29. The fourth-order valence-electron chi connectivity index (χ4n) is 9.55. The average Bonchev–Trinajstić information content (AvgIpc) is 3.50. The molecule has 2 aliphatic carbocycles. The van der Waals surface area contributed by atoms with Crippen LogP contribution in [0.2, 0.25) is 40.8 Å². The molecule has 4 aliphatic rings. The second kappa shape index (κ2) is 18.1. The Hall–Kier alpha value is -3.85. The van der Waals surface area contributed by atoms with Crippen molar-refractivity contribution in [3.05, 3.63) is 92.0 Å². The molecule has 8 nitrogen and oxygen atoms in total. The summed E-state index contributed by atoms with van der Waals surface area (Å²) in [4.78, 5) is 14.8. The zero-order valence-electron chi connectivity index (χ0n) is 37.7. The molecule has 11 heteroatoms. The molecule has 2 heterocycles. The number of benzene rings is 3. The van der Waals surface area contributed by atoms with Crippen LogP contribution in [0.3, 0.4) is 0 Å². The van der Waals surface area contributed by atoms with Gasteiger partial charge in [-0.25, -0.2) is 4.79 Å². The highest BCUT2D eigenvalue weighted by atomic mass is 35.5. The van der Waals surface area contributed by atoms with E-state index in [1.54, 1.807) is 7.11 Å². The predicted octanol–water partition coefficient (Wildman–Crippen LogP) is 11.8. The van der Waals surface area contributed by atoms with E-state index in [1.807, 2.05) is 30.4 Å². The van der Waals surface area contributed by atoms with E-state index in [2.05, 4.69) is 105 Å². The van der Waals surface area contributed by atoms with Gasteiger partial charge >= 0.3 is 5.97 Å². The predicted molar refractivity (Wildman–Crippen MR) is 247 cm³/mol. The van der Waals surface area contributed by atoms with Crippen molar-refractivity contribution in [2.75, 3.05) is 13.7 Å². The van der Waals surface area contributed by atoms with Gasteiger partial charge in [0.2, 0.25) is 0 Å². The molecule has 61 heavy (non-hydrogen) atoms. The zero-order chi connectivity index (χ0) is 43.9. The lowest BCUT2D eigenvalue weighted by atomic mass is 9.98. The maximum Gasteiger partial charge on any atom is 0.343 e. The summed E-state index contributed by atoms with van der Waals surface area (Å²) >= 11 is 7.10. The zero-order valence-corrected chi connectivity index (χ0v) is 40.5. The number of esters is 1. The summed E-state index contributed by atoms with van der Waals surface area (Å²) in [7, 11) is -2.73. The number of halogens is 1. The van der Waals surface area contributed by atoms with Crippen LogP contribution in [0.1, 0.15) is 99.4 Å². The molecule has 3 aromatic rings. The van der Waals surface area contributed by atoms with E-state index in [0.29, 0.717) is 52.6 Å². The minimum atomic E-state index is -2.24. The molecule has 7 rings (SSSR count). The number of rotatable bonds is 16. The van der Waals surface area contributed by atoms with E-state index >= 15 is 0 Å². The van der Waals surface area contributed by atoms with E-state index in [9.17, 15) is 4.79 Å². The highest BCUT2D eigenvalue weighted by molar-refractivity contribution is 6.75. The molecule has 0 amide bonds. The number of ether oxygens (including phenoxy) is 5. The van der Waals surface area contributed by atoms with Gasteiger partial charge in [0.15, 0.2) is 26.3 Å². The molecule has 0 aromatic heterocycles. The van der Waals surface area contributed by atoms with E-state index in [-0.39, 0.29) is 0 Å². The molecular formula is C50H61ClO8Si2. The Labute approximate surface area is 369 Å². The molecule has 3 aromatic carbocycles. The van der Waals surface area contributed by atoms with Gasteiger partial charge in [-0.05, 0) is 103 Å². The number of aryl methyl sites for hydroxylation is 3. The minimum Gasteiger partial charge on any atom is -0.543 e. The van der Waals surface area contributed by atoms with Gasteiger partial charge in [-0.3, -0.25) is 0 Å². The molecule has 0 N–H and O–H groups in total. The van der Waals surface area contributed by atoms with Crippen molar-refractivity contribution in [2.45, 2.75) is 148 Å². The third-order valence-electron chi connectivity index (χ3n) is 13.7. The largest absolute Gasteiger partial charge is 0.543 e. The van der Waals surface area contributed by atoms with Crippen LogP contribution in [0, 0.1) is 44.5 Å². The van der Waals surface area contributed by atoms with Gasteiger partial charge in [-0.2, -0.15) is 0 Å². The maximum absolute atomic E-state index is 14.8. The molecule has 0 radical (unpaired) electrons. The van der Waals surface area contributed by atoms with E-state index in [1.165, 1.54) is 5.56 Å². The number of carbonyl (C=O) groups excluding carboxylic acids is 1. The molecule has 2 fully saturated rings. The fraction of sp³-hybridized carbons (Fsp3) is 0.500. The molecule has 0 unspecified atom stereocenters. The topological polar surface area (TPSA) is 85.0 Å². The third-order valence-corrected chi connectivity index (χ3v) is 23.9. The first-order valence-corrected chi connectivity index (χ1v) is 27.4. The molecule has 0 spiro atoms. The Morgan fingerprint density at radius 1 is 0.967 bits per heavy atom. The van der Waals surface area contributed by atoms with E-state index in [4.69, 9.17) is 44.1 Å². The summed E-state index contributed by atoms with van der Waals surface area (Å²) in [5.41, 5.74) is 6.79. The van der Waals surface area contributed by atoms with Crippen molar-refractivity contribution in [2.24, 2.45) is 0 Å². The first-order chi connectivity index (χ1) is 29.2. The Morgan fingerprint density at radius 3 is 2.31 bits per heavy atom. The first-order valence-electron chi connectivity index (χ1n) is 22.0. The standard InChI is InChI=1S/C50H61ClO8Si2/c1-12-60(13-2,14-3)59-41-21-20-38-39(28-42(53-11)47(51)40(38)29-55-61(15-4,16-5)31(6)7)46(41)48(52)56-37-26-35-18-17-19-43-50(58-43,23-22-36(35)27-37)44-30-54-49(57-44)45-33(9)24-32(8)25-34(45)10/h18,20-21,24-25,27-28,31,37,43-44,49H,12-16,26,29-30H2,1-11H3/b35-18-/t37-,43-,44-,49+,50+/m0/s1. The van der Waals surface area contributed by atoms with Crippen LogP contribution in [0.4, 0.5) is 0 Å². The highest BCUT2D eigenvalue weighted by Gasteiger charge is 2.64. The van der Waals surface area contributed by atoms with Crippen LogP contribution in [-0.4, -0.2) is 60.2 Å². The molecule has 0 saturated carbocycles. The smallest absolute Gasteiger partial charge is 0.343 e. The Balaban J connectivity index is 1.22. The van der Waals surface area contributed by atoms with Gasteiger partial charge < -0.3 is 32.5 Å². The second-order valence-corrected chi connectivity index (χ2v) is 27.4. The molecule has 2 aliphatic heterocycles. The van der Waals surface area contributed by atoms with Gasteiger partial charge in [0.25, 0.3) is 8.32 Å². The molecular weight excluding hydrogens is 820 g/mol. The maximum atomic E-state index is 14.8. The number of fused-ring (bicyclic) bond motifs is 3. The quantitative estimate of drug-likeness (QED) is 0.0609. The number of hydrogen-bond donors (Lipinski definition) is 0. The lowest BCUT2D eigenvalue weighted by Gasteiger charge is -2.34. The van der Waals surface area contributed by atoms with Crippen LogP contribution in [0.5, 0.6) is 11.5 Å². The number of hydrogen-bond acceptors (Lipinski definition) is 8. The van der Waals surface area contributed by atoms with Crippen molar-refractivity contribution >= 4 is 45.0 Å². The van der Waals surface area contributed by atoms with Crippen LogP contribution < -0.4 is 9.16 Å². The molecule has 2 saturated heterocycles. The second-order valence-electron chi connectivity index (χ2n) is 17.3. The van der Waals surface area contributed by atoms with Gasteiger partial charge in [-0.1, -0.05) is 108 Å². The fourth-order valence-corrected chi connectivity index (χ4v) is 15.7. The molecule has 0 bridgehead atoms. The summed E-state index contributed by atoms with van der Waals surface area (Å²) in [6.45, 7) is 22.4. The van der Waals surface area contributed by atoms with E-state index < -0.39 is 52.8 Å². The lowest BCUT2D eigenvalue weighted by Crippen LogP contribution is -2.40. The van der Waals surface area contributed by atoms with Crippen LogP contribution in [-0.2, 0) is 30.0 Å². The summed E-state index contributed by atoms with van der Waals surface area (Å²) in [6, 6.07) is 14.8. The monoisotopic (exact) mass is 880 g/mol. The summed E-state index contributed by atoms with van der Waals surface area (Å²) in [5, 5.41) is 1.94. The van der Waals surface area contributed by atoms with Crippen molar-refractivity contribution in [1.82, 2.24) is 0 Å². The molecule has 5 atom stereocenters. The molecule has 324 valence electrons. The minimum absolute atomic E-state index is 0.309. The number of carbonyl (C=O) groups is 1. The lowest BCUT2D eigenvalue weighted by molar-refractivity contribution is -0.0691. The number of allylic oxidation sites excluding steroid dienone is 2. The first kappa shape index (κ1) is 45.2. The van der Waals surface area contributed by atoms with Crippen molar-refractivity contribution < 1.29 is 37.3 Å². The van der Waals surface area contributed by atoms with Crippen LogP contribution in [0.15, 0.2) is 53.6 Å². The normalized spacial score (nSPS) is 23.9. The van der Waals surface area contributed by atoms with Crippen LogP contribution >= 0.6 is 11.6 Å². The van der Waals surface area contributed by atoms with Gasteiger partial charge in [-0.15, -0.1) is 0 Å². The van der Waals surface area contributed by atoms with Crippen molar-refractivity contribution in [3.63, 3.8) is 0 Å². The SMILES string of the molecule is CC[Si](CC)(CC)Oc1ccc2c(CO[Si](CC)(CC)C(C)C)c(Cl)c(OC)cc2c1C(=O)O[C@@H]1C=C2C#C[C@@]3([C@@H]4CO[C@@H](c5c(C)cc(C)cc5C)O4)O[C@H]3C#C/C=C\2C1. The number of epoxide rings is 1.